The lowest BCUT2D eigenvalue weighted by atomic mass is 9.97. The third-order valence-corrected chi connectivity index (χ3v) is 4.06. The fourth-order valence-corrected chi connectivity index (χ4v) is 2.14. The maximum Gasteiger partial charge on any atom is 0.0176 e. The van der Waals surface area contributed by atoms with Crippen molar-refractivity contribution in [3.8, 4) is 0 Å². The second kappa shape index (κ2) is 5.19. The van der Waals surface area contributed by atoms with Crippen LogP contribution in [0.15, 0.2) is 33.6 Å². The lowest BCUT2D eigenvalue weighted by Gasteiger charge is -2.21. The van der Waals surface area contributed by atoms with E-state index in [9.17, 15) is 0 Å². The van der Waals surface area contributed by atoms with Crippen molar-refractivity contribution >= 4 is 27.7 Å². The van der Waals surface area contributed by atoms with E-state index in [0.717, 1.165) is 16.8 Å². The summed E-state index contributed by atoms with van der Waals surface area (Å²) in [6.07, 6.45) is 0. The fraction of sp³-hybridized carbons (Fsp3) is 0.455. The van der Waals surface area contributed by atoms with Gasteiger partial charge in [0.25, 0.3) is 0 Å². The highest BCUT2D eigenvalue weighted by Crippen LogP contribution is 2.27. The van der Waals surface area contributed by atoms with Crippen LogP contribution in [0.5, 0.6) is 0 Å². The Bertz CT molecular complexity index is 282. The van der Waals surface area contributed by atoms with Gasteiger partial charge in [0.05, 0.1) is 0 Å². The maximum atomic E-state index is 5.67. The van der Waals surface area contributed by atoms with E-state index < -0.39 is 0 Å². The molecule has 0 spiro atoms. The van der Waals surface area contributed by atoms with Gasteiger partial charge in [-0.15, -0.1) is 11.8 Å². The summed E-state index contributed by atoms with van der Waals surface area (Å²) in [5.41, 5.74) is 5.89. The van der Waals surface area contributed by atoms with Crippen LogP contribution in [0.4, 0.5) is 0 Å². The second-order valence-electron chi connectivity index (χ2n) is 4.11. The Morgan fingerprint density at radius 3 is 2.36 bits per heavy atom. The van der Waals surface area contributed by atoms with Gasteiger partial charge in [-0.1, -0.05) is 29.8 Å². The van der Waals surface area contributed by atoms with Crippen molar-refractivity contribution in [1.82, 2.24) is 0 Å². The summed E-state index contributed by atoms with van der Waals surface area (Å²) in [6.45, 7) is 5.12. The molecule has 2 N–H and O–H groups in total. The summed E-state index contributed by atoms with van der Waals surface area (Å²) in [7, 11) is 0. The van der Waals surface area contributed by atoms with Gasteiger partial charge >= 0.3 is 0 Å². The van der Waals surface area contributed by atoms with Crippen LogP contribution in [0.25, 0.3) is 0 Å². The molecule has 0 unspecified atom stereocenters. The van der Waals surface area contributed by atoms with Gasteiger partial charge in [-0.05, 0) is 36.2 Å². The highest BCUT2D eigenvalue weighted by Gasteiger charge is 2.15. The summed E-state index contributed by atoms with van der Waals surface area (Å²) < 4.78 is 1.12. The van der Waals surface area contributed by atoms with E-state index >= 15 is 0 Å². The van der Waals surface area contributed by atoms with Crippen LogP contribution in [0.1, 0.15) is 13.8 Å². The van der Waals surface area contributed by atoms with E-state index in [1.54, 1.807) is 0 Å². The zero-order valence-electron chi connectivity index (χ0n) is 8.59. The minimum atomic E-state index is 0.220. The molecule has 3 heteroatoms. The number of nitrogens with two attached hydrogens (primary N) is 1. The second-order valence-corrected chi connectivity index (χ2v) is 6.08. The van der Waals surface area contributed by atoms with E-state index in [0.29, 0.717) is 0 Å². The van der Waals surface area contributed by atoms with Crippen LogP contribution in [0.3, 0.4) is 0 Å². The minimum absolute atomic E-state index is 0.220. The van der Waals surface area contributed by atoms with Crippen molar-refractivity contribution < 1.29 is 0 Å². The lowest BCUT2D eigenvalue weighted by molar-refractivity contribution is 0.438. The average molecular weight is 274 g/mol. The molecule has 0 aliphatic carbocycles. The quantitative estimate of drug-likeness (QED) is 0.850. The molecule has 0 bridgehead atoms. The molecule has 1 nitrogen and oxygen atoms in total. The van der Waals surface area contributed by atoms with Crippen molar-refractivity contribution in [2.24, 2.45) is 11.1 Å². The Morgan fingerprint density at radius 2 is 1.86 bits per heavy atom. The van der Waals surface area contributed by atoms with E-state index in [1.165, 1.54) is 4.90 Å². The largest absolute Gasteiger partial charge is 0.330 e. The van der Waals surface area contributed by atoms with E-state index in [4.69, 9.17) is 5.73 Å². The molecule has 78 valence electrons. The van der Waals surface area contributed by atoms with Gasteiger partial charge in [-0.25, -0.2) is 0 Å². The zero-order chi connectivity index (χ0) is 10.6. The normalized spacial score (nSPS) is 11.7. The van der Waals surface area contributed by atoms with Crippen molar-refractivity contribution in [1.29, 1.82) is 0 Å². The standard InChI is InChI=1S/C11H16BrNS/c1-11(2,7-13)8-14-10-5-3-9(12)4-6-10/h3-6H,7-8,13H2,1-2H3. The van der Waals surface area contributed by atoms with Crippen molar-refractivity contribution in [2.45, 2.75) is 18.7 Å². The van der Waals surface area contributed by atoms with E-state index in [-0.39, 0.29) is 5.41 Å². The molecule has 1 rings (SSSR count). The monoisotopic (exact) mass is 273 g/mol. The molecular formula is C11H16BrNS. The van der Waals surface area contributed by atoms with Crippen LogP contribution in [0, 0.1) is 5.41 Å². The number of hydrogen-bond donors (Lipinski definition) is 1. The highest BCUT2D eigenvalue weighted by atomic mass is 79.9. The number of halogens is 1. The van der Waals surface area contributed by atoms with Crippen molar-refractivity contribution in [3.63, 3.8) is 0 Å². The molecule has 0 saturated heterocycles. The molecule has 0 aliphatic heterocycles. The Labute approximate surface area is 98.6 Å². The van der Waals surface area contributed by atoms with Gasteiger partial charge in [0.2, 0.25) is 0 Å². The SMILES string of the molecule is CC(C)(CN)CSc1ccc(Br)cc1. The predicted molar refractivity (Wildman–Crippen MR) is 67.7 cm³/mol. The van der Waals surface area contributed by atoms with Gasteiger partial charge in [0.1, 0.15) is 0 Å². The maximum absolute atomic E-state index is 5.67. The molecule has 0 atom stereocenters. The number of thioether (sulfide) groups is 1. The first kappa shape index (κ1) is 12.1. The smallest absolute Gasteiger partial charge is 0.0176 e. The van der Waals surface area contributed by atoms with Crippen molar-refractivity contribution in [3.05, 3.63) is 28.7 Å². The van der Waals surface area contributed by atoms with Gasteiger partial charge in [0.15, 0.2) is 0 Å². The van der Waals surface area contributed by atoms with Gasteiger partial charge in [0, 0.05) is 15.1 Å². The van der Waals surface area contributed by atoms with Crippen LogP contribution in [-0.4, -0.2) is 12.3 Å². The minimum Gasteiger partial charge on any atom is -0.330 e. The molecule has 0 saturated carbocycles. The Balaban J connectivity index is 2.50. The summed E-state index contributed by atoms with van der Waals surface area (Å²) in [5, 5.41) is 0. The Morgan fingerprint density at radius 1 is 1.29 bits per heavy atom. The summed E-state index contributed by atoms with van der Waals surface area (Å²) in [4.78, 5) is 1.30. The summed E-state index contributed by atoms with van der Waals surface area (Å²) in [5.74, 6) is 1.06. The fourth-order valence-electron chi connectivity index (χ4n) is 0.868. The number of hydrogen-bond acceptors (Lipinski definition) is 2. The third kappa shape index (κ3) is 4.03. The number of benzene rings is 1. The van der Waals surface area contributed by atoms with Crippen LogP contribution in [-0.2, 0) is 0 Å². The topological polar surface area (TPSA) is 26.0 Å². The molecule has 0 aromatic heterocycles. The molecule has 0 heterocycles. The van der Waals surface area contributed by atoms with Crippen LogP contribution in [0.2, 0.25) is 0 Å². The third-order valence-electron chi connectivity index (χ3n) is 2.00. The summed E-state index contributed by atoms with van der Waals surface area (Å²) >= 11 is 5.28. The first-order valence-electron chi connectivity index (χ1n) is 4.62. The lowest BCUT2D eigenvalue weighted by Crippen LogP contribution is -2.25. The van der Waals surface area contributed by atoms with E-state index in [2.05, 4.69) is 54.0 Å². The molecule has 1 aromatic rings. The van der Waals surface area contributed by atoms with Crippen LogP contribution < -0.4 is 5.73 Å². The molecule has 0 aliphatic rings. The van der Waals surface area contributed by atoms with Crippen LogP contribution >= 0.6 is 27.7 Å². The molecule has 0 fully saturated rings. The van der Waals surface area contributed by atoms with Gasteiger partial charge in [-0.3, -0.25) is 0 Å². The predicted octanol–water partition coefficient (Wildman–Crippen LogP) is 3.53. The Kier molecular flexibility index (Phi) is 4.48. The number of rotatable bonds is 4. The van der Waals surface area contributed by atoms with E-state index in [1.807, 2.05) is 11.8 Å². The molecule has 1 aromatic carbocycles. The first-order chi connectivity index (χ1) is 6.53. The molecule has 0 amide bonds. The highest BCUT2D eigenvalue weighted by molar-refractivity contribution is 9.10. The Hall–Kier alpha value is 0.01000. The molecular weight excluding hydrogens is 258 g/mol. The zero-order valence-corrected chi connectivity index (χ0v) is 11.0. The van der Waals surface area contributed by atoms with Gasteiger partial charge in [-0.2, -0.15) is 0 Å². The molecule has 0 radical (unpaired) electrons. The van der Waals surface area contributed by atoms with Crippen molar-refractivity contribution in [2.75, 3.05) is 12.3 Å². The average Bonchev–Trinajstić information content (AvgIpc) is 2.17. The summed E-state index contributed by atoms with van der Waals surface area (Å²) in [6, 6.07) is 8.39. The molecule has 14 heavy (non-hydrogen) atoms. The van der Waals surface area contributed by atoms with Gasteiger partial charge < -0.3 is 5.73 Å². The first-order valence-corrected chi connectivity index (χ1v) is 6.40.